The van der Waals surface area contributed by atoms with Crippen LogP contribution in [0, 0.1) is 0 Å². The Labute approximate surface area is 154 Å². The lowest BCUT2D eigenvalue weighted by molar-refractivity contribution is -0.145. The summed E-state index contributed by atoms with van der Waals surface area (Å²) in [6, 6.07) is 3.19. The van der Waals surface area contributed by atoms with Gasteiger partial charge >= 0.3 is 5.97 Å². The fourth-order valence-corrected chi connectivity index (χ4v) is 2.90. The number of H-pyrrole nitrogens is 2. The molecule has 0 unspecified atom stereocenters. The van der Waals surface area contributed by atoms with Crippen LogP contribution in [0.5, 0.6) is 5.75 Å². The van der Waals surface area contributed by atoms with E-state index in [2.05, 4.69) is 20.3 Å². The van der Waals surface area contributed by atoms with Gasteiger partial charge in [-0.2, -0.15) is 0 Å². The molecule has 0 radical (unpaired) electrons. The Morgan fingerprint density at radius 1 is 1.33 bits per heavy atom. The first kappa shape index (κ1) is 18.5. The number of amides is 1. The molecule has 3 rings (SSSR count). The second-order valence-electron chi connectivity index (χ2n) is 6.22. The van der Waals surface area contributed by atoms with Crippen LogP contribution in [0.2, 0.25) is 0 Å². The lowest BCUT2D eigenvalue weighted by Crippen LogP contribution is -2.50. The third-order valence-electron chi connectivity index (χ3n) is 4.31. The van der Waals surface area contributed by atoms with Crippen LogP contribution in [-0.2, 0) is 27.2 Å². The summed E-state index contributed by atoms with van der Waals surface area (Å²) in [4.78, 5) is 34.3. The molecule has 0 aliphatic carbocycles. The van der Waals surface area contributed by atoms with Gasteiger partial charge in [0, 0.05) is 35.4 Å². The number of aromatic nitrogens is 3. The van der Waals surface area contributed by atoms with E-state index in [0.717, 1.165) is 16.5 Å². The number of esters is 1. The minimum absolute atomic E-state index is 0.131. The van der Waals surface area contributed by atoms with Gasteiger partial charge in [-0.05, 0) is 30.2 Å². The largest absolute Gasteiger partial charge is 0.508 e. The zero-order valence-electron chi connectivity index (χ0n) is 14.7. The van der Waals surface area contributed by atoms with E-state index in [4.69, 9.17) is 10.5 Å². The number of rotatable bonds is 7. The maximum absolute atomic E-state index is 12.5. The standard InChI is InChI=1S/C18H21N5O4/c1-27-18(26)16(5-11-8-20-9-22-11)23-17(25)14(19)4-10-7-21-15-3-2-12(24)6-13(10)15/h2-3,6-9,14,16,21,24H,4-5,19H2,1H3,(H,20,22)(H,23,25)/t14-,16-/m0/s1. The number of phenols is 1. The molecular weight excluding hydrogens is 350 g/mol. The molecule has 0 spiro atoms. The molecule has 2 atom stereocenters. The number of aromatic amines is 2. The number of carbonyl (C=O) groups excluding carboxylic acids is 2. The quantitative estimate of drug-likeness (QED) is 0.379. The van der Waals surface area contributed by atoms with Crippen molar-refractivity contribution in [2.45, 2.75) is 24.9 Å². The number of hydrogen-bond acceptors (Lipinski definition) is 6. The van der Waals surface area contributed by atoms with E-state index in [1.54, 1.807) is 30.6 Å². The molecule has 1 amide bonds. The number of nitrogens with two attached hydrogens (primary N) is 1. The number of nitrogens with one attached hydrogen (secondary N) is 3. The number of fused-ring (bicyclic) bond motifs is 1. The van der Waals surface area contributed by atoms with Gasteiger partial charge in [0.2, 0.25) is 5.91 Å². The van der Waals surface area contributed by atoms with E-state index < -0.39 is 24.0 Å². The van der Waals surface area contributed by atoms with Gasteiger partial charge in [-0.15, -0.1) is 0 Å². The molecule has 2 aromatic heterocycles. The Hall–Kier alpha value is -3.33. The van der Waals surface area contributed by atoms with Gasteiger partial charge in [0.25, 0.3) is 0 Å². The van der Waals surface area contributed by atoms with E-state index in [-0.39, 0.29) is 18.6 Å². The van der Waals surface area contributed by atoms with Crippen LogP contribution in [0.1, 0.15) is 11.3 Å². The number of carbonyl (C=O) groups is 2. The number of benzene rings is 1. The average molecular weight is 371 g/mol. The molecule has 9 nitrogen and oxygen atoms in total. The fraction of sp³-hybridized carbons (Fsp3) is 0.278. The molecule has 3 aromatic rings. The maximum atomic E-state index is 12.5. The van der Waals surface area contributed by atoms with Gasteiger partial charge in [-0.25, -0.2) is 9.78 Å². The summed E-state index contributed by atoms with van der Waals surface area (Å²) < 4.78 is 4.76. The number of hydrogen-bond donors (Lipinski definition) is 5. The van der Waals surface area contributed by atoms with Crippen LogP contribution in [-0.4, -0.2) is 51.1 Å². The Morgan fingerprint density at radius 3 is 2.85 bits per heavy atom. The van der Waals surface area contributed by atoms with Gasteiger partial charge in [0.05, 0.1) is 19.5 Å². The van der Waals surface area contributed by atoms with Crippen LogP contribution in [0.4, 0.5) is 0 Å². The first-order valence-corrected chi connectivity index (χ1v) is 8.38. The number of aromatic hydroxyl groups is 1. The predicted octanol–water partition coefficient (Wildman–Crippen LogP) is 0.367. The molecule has 1 aromatic carbocycles. The molecule has 0 aliphatic rings. The summed E-state index contributed by atoms with van der Waals surface area (Å²) in [5.74, 6) is -0.909. The highest BCUT2D eigenvalue weighted by atomic mass is 16.5. The lowest BCUT2D eigenvalue weighted by atomic mass is 10.0. The number of ether oxygens (including phenoxy) is 1. The SMILES string of the molecule is COC(=O)[C@H](Cc1cnc[nH]1)NC(=O)[C@@H](N)Cc1c[nH]c2ccc(O)cc12. The molecule has 0 saturated heterocycles. The predicted molar refractivity (Wildman–Crippen MR) is 97.9 cm³/mol. The van der Waals surface area contributed by atoms with Crippen molar-refractivity contribution in [3.05, 3.63) is 48.2 Å². The topological polar surface area (TPSA) is 146 Å². The zero-order chi connectivity index (χ0) is 19.4. The Balaban J connectivity index is 1.69. The van der Waals surface area contributed by atoms with Crippen LogP contribution in [0.15, 0.2) is 36.9 Å². The van der Waals surface area contributed by atoms with Crippen molar-refractivity contribution in [3.8, 4) is 5.75 Å². The second-order valence-corrected chi connectivity index (χ2v) is 6.22. The monoisotopic (exact) mass is 371 g/mol. The summed E-state index contributed by atoms with van der Waals surface area (Å²) in [7, 11) is 1.26. The molecule has 27 heavy (non-hydrogen) atoms. The first-order chi connectivity index (χ1) is 13.0. The highest BCUT2D eigenvalue weighted by Gasteiger charge is 2.25. The smallest absolute Gasteiger partial charge is 0.328 e. The minimum Gasteiger partial charge on any atom is -0.508 e. The van der Waals surface area contributed by atoms with E-state index in [1.165, 1.54) is 13.4 Å². The number of methoxy groups -OCH3 is 1. The summed E-state index contributed by atoms with van der Waals surface area (Å²) in [6.45, 7) is 0. The molecular formula is C18H21N5O4. The molecule has 0 aliphatic heterocycles. The van der Waals surface area contributed by atoms with Crippen molar-refractivity contribution < 1.29 is 19.4 Å². The highest BCUT2D eigenvalue weighted by Crippen LogP contribution is 2.23. The van der Waals surface area contributed by atoms with Gasteiger partial charge < -0.3 is 30.9 Å². The van der Waals surface area contributed by atoms with Gasteiger partial charge in [0.15, 0.2) is 0 Å². The van der Waals surface area contributed by atoms with Gasteiger partial charge in [-0.3, -0.25) is 4.79 Å². The van der Waals surface area contributed by atoms with Crippen LogP contribution in [0.3, 0.4) is 0 Å². The van der Waals surface area contributed by atoms with E-state index in [9.17, 15) is 14.7 Å². The van der Waals surface area contributed by atoms with Crippen molar-refractivity contribution in [2.24, 2.45) is 5.73 Å². The van der Waals surface area contributed by atoms with Gasteiger partial charge in [-0.1, -0.05) is 0 Å². The third kappa shape index (κ3) is 4.26. The zero-order valence-corrected chi connectivity index (χ0v) is 14.7. The third-order valence-corrected chi connectivity index (χ3v) is 4.31. The maximum Gasteiger partial charge on any atom is 0.328 e. The molecule has 142 valence electrons. The van der Waals surface area contributed by atoms with E-state index in [1.807, 2.05) is 0 Å². The summed E-state index contributed by atoms with van der Waals surface area (Å²) in [5.41, 5.74) is 8.36. The average Bonchev–Trinajstić information content (AvgIpc) is 3.30. The van der Waals surface area contributed by atoms with Crippen molar-refractivity contribution in [1.82, 2.24) is 20.3 Å². The van der Waals surface area contributed by atoms with E-state index >= 15 is 0 Å². The summed E-state index contributed by atoms with van der Waals surface area (Å²) in [6.07, 6.45) is 5.27. The van der Waals surface area contributed by atoms with Crippen LogP contribution >= 0.6 is 0 Å². The normalized spacial score (nSPS) is 13.3. The number of imidazole rings is 1. The van der Waals surface area contributed by atoms with Crippen molar-refractivity contribution in [1.29, 1.82) is 0 Å². The molecule has 0 saturated carbocycles. The van der Waals surface area contributed by atoms with Crippen molar-refractivity contribution in [2.75, 3.05) is 7.11 Å². The number of nitrogens with zero attached hydrogens (tertiary/aromatic N) is 1. The minimum atomic E-state index is -0.875. The summed E-state index contributed by atoms with van der Waals surface area (Å²) >= 11 is 0. The molecule has 9 heteroatoms. The summed E-state index contributed by atoms with van der Waals surface area (Å²) in [5, 5.41) is 13.1. The first-order valence-electron chi connectivity index (χ1n) is 8.38. The van der Waals surface area contributed by atoms with Gasteiger partial charge in [0.1, 0.15) is 11.8 Å². The van der Waals surface area contributed by atoms with Crippen molar-refractivity contribution in [3.63, 3.8) is 0 Å². The molecule has 2 heterocycles. The molecule has 0 bridgehead atoms. The molecule has 6 N–H and O–H groups in total. The Morgan fingerprint density at radius 2 is 2.15 bits per heavy atom. The van der Waals surface area contributed by atoms with Crippen LogP contribution < -0.4 is 11.1 Å². The van der Waals surface area contributed by atoms with Crippen LogP contribution in [0.25, 0.3) is 10.9 Å². The van der Waals surface area contributed by atoms with Crippen molar-refractivity contribution >= 4 is 22.8 Å². The lowest BCUT2D eigenvalue weighted by Gasteiger charge is -2.18. The fourth-order valence-electron chi connectivity index (χ4n) is 2.90. The Bertz CT molecular complexity index is 935. The molecule has 0 fully saturated rings. The number of phenolic OH excluding ortho intramolecular Hbond substituents is 1. The highest BCUT2D eigenvalue weighted by molar-refractivity contribution is 5.89. The second kappa shape index (κ2) is 7.92. The van der Waals surface area contributed by atoms with E-state index in [0.29, 0.717) is 5.69 Å². The Kier molecular flexibility index (Phi) is 5.41.